The molecule has 0 aromatic heterocycles. The molecule has 0 amide bonds. The molecule has 0 bridgehead atoms. The van der Waals surface area contributed by atoms with Crippen LogP contribution in [0.5, 0.6) is 11.5 Å². The molecular weight excluding hydrogens is 228 g/mol. The van der Waals surface area contributed by atoms with E-state index in [9.17, 15) is 0 Å². The minimum Gasteiger partial charge on any atom is -0.490 e. The first kappa shape index (κ1) is 14.5. The van der Waals surface area contributed by atoms with Crippen molar-refractivity contribution in [2.24, 2.45) is 0 Å². The zero-order chi connectivity index (χ0) is 13.4. The van der Waals surface area contributed by atoms with Crippen molar-refractivity contribution in [3.8, 4) is 11.5 Å². The average Bonchev–Trinajstić information content (AvgIpc) is 2.37. The van der Waals surface area contributed by atoms with E-state index in [0.717, 1.165) is 25.7 Å². The Labute approximate surface area is 109 Å². The maximum absolute atomic E-state index is 5.94. The Bertz CT molecular complexity index is 367. The predicted molar refractivity (Wildman–Crippen MR) is 76.1 cm³/mol. The van der Waals surface area contributed by atoms with Gasteiger partial charge in [-0.15, -0.1) is 0 Å². The minimum absolute atomic E-state index is 0.472. The molecule has 4 N–H and O–H groups in total. The fourth-order valence-electron chi connectivity index (χ4n) is 1.50. The van der Waals surface area contributed by atoms with Crippen LogP contribution in [-0.4, -0.2) is 13.2 Å². The van der Waals surface area contributed by atoms with Crippen molar-refractivity contribution in [2.75, 3.05) is 24.7 Å². The zero-order valence-electron chi connectivity index (χ0n) is 11.4. The Morgan fingerprint density at radius 2 is 1.56 bits per heavy atom. The molecule has 0 fully saturated rings. The molecule has 0 aliphatic rings. The highest BCUT2D eigenvalue weighted by atomic mass is 16.5. The van der Waals surface area contributed by atoms with Crippen LogP contribution in [0.25, 0.3) is 0 Å². The number of unbranched alkanes of at least 4 members (excludes halogenated alkanes) is 2. The molecule has 0 aliphatic carbocycles. The predicted octanol–water partition coefficient (Wildman–Crippen LogP) is 3.21. The summed E-state index contributed by atoms with van der Waals surface area (Å²) in [5.74, 6) is 1.27. The maximum Gasteiger partial charge on any atom is 0.186 e. The Morgan fingerprint density at radius 1 is 0.944 bits per heavy atom. The molecule has 0 atom stereocenters. The molecule has 0 aliphatic heterocycles. The monoisotopic (exact) mass is 252 g/mol. The van der Waals surface area contributed by atoms with Crippen LogP contribution in [0, 0.1) is 0 Å². The molecule has 0 saturated carbocycles. The Hall–Kier alpha value is -1.58. The largest absolute Gasteiger partial charge is 0.490 e. The van der Waals surface area contributed by atoms with Gasteiger partial charge in [0.15, 0.2) is 11.5 Å². The fourth-order valence-corrected chi connectivity index (χ4v) is 1.50. The van der Waals surface area contributed by atoms with Crippen LogP contribution in [0.15, 0.2) is 12.1 Å². The van der Waals surface area contributed by atoms with Gasteiger partial charge in [0.05, 0.1) is 18.9 Å². The number of nitrogen functional groups attached to an aromatic ring is 2. The van der Waals surface area contributed by atoms with Gasteiger partial charge in [0, 0.05) is 0 Å². The molecule has 0 spiro atoms. The SMILES string of the molecule is CCCCOc1ccc(N)c(N)c1OCCCC. The third-order valence-corrected chi connectivity index (χ3v) is 2.69. The van der Waals surface area contributed by atoms with Gasteiger partial charge >= 0.3 is 0 Å². The zero-order valence-corrected chi connectivity index (χ0v) is 11.4. The summed E-state index contributed by atoms with van der Waals surface area (Å²) in [7, 11) is 0. The van der Waals surface area contributed by atoms with Crippen molar-refractivity contribution < 1.29 is 9.47 Å². The summed E-state index contributed by atoms with van der Waals surface area (Å²) in [4.78, 5) is 0. The number of ether oxygens (including phenoxy) is 2. The van der Waals surface area contributed by atoms with Gasteiger partial charge in [-0.05, 0) is 25.0 Å². The summed E-state index contributed by atoms with van der Waals surface area (Å²) < 4.78 is 11.4. The number of anilines is 2. The van der Waals surface area contributed by atoms with Gasteiger partial charge in [-0.1, -0.05) is 26.7 Å². The average molecular weight is 252 g/mol. The van der Waals surface area contributed by atoms with Crippen molar-refractivity contribution in [3.63, 3.8) is 0 Å². The lowest BCUT2D eigenvalue weighted by Crippen LogP contribution is -2.06. The van der Waals surface area contributed by atoms with E-state index in [4.69, 9.17) is 20.9 Å². The van der Waals surface area contributed by atoms with E-state index in [1.807, 2.05) is 6.07 Å². The number of rotatable bonds is 8. The standard InChI is InChI=1S/C14H24N2O2/c1-3-5-9-17-12-8-7-11(15)13(16)14(12)18-10-6-4-2/h7-8H,3-6,9-10,15-16H2,1-2H3. The van der Waals surface area contributed by atoms with Crippen LogP contribution in [0.2, 0.25) is 0 Å². The van der Waals surface area contributed by atoms with E-state index in [1.54, 1.807) is 6.07 Å². The molecule has 18 heavy (non-hydrogen) atoms. The summed E-state index contributed by atoms with van der Waals surface area (Å²) in [6.07, 6.45) is 4.17. The van der Waals surface area contributed by atoms with E-state index >= 15 is 0 Å². The van der Waals surface area contributed by atoms with Crippen molar-refractivity contribution in [1.82, 2.24) is 0 Å². The number of hydrogen-bond acceptors (Lipinski definition) is 4. The lowest BCUT2D eigenvalue weighted by molar-refractivity contribution is 0.263. The first-order valence-electron chi connectivity index (χ1n) is 6.64. The lowest BCUT2D eigenvalue weighted by Gasteiger charge is -2.15. The Morgan fingerprint density at radius 3 is 2.17 bits per heavy atom. The summed E-state index contributed by atoms with van der Waals surface area (Å²) in [6, 6.07) is 3.58. The van der Waals surface area contributed by atoms with Gasteiger partial charge in [0.25, 0.3) is 0 Å². The molecule has 4 nitrogen and oxygen atoms in total. The van der Waals surface area contributed by atoms with Crippen LogP contribution in [0.3, 0.4) is 0 Å². The van der Waals surface area contributed by atoms with E-state index in [2.05, 4.69) is 13.8 Å². The maximum atomic E-state index is 5.94. The van der Waals surface area contributed by atoms with Crippen LogP contribution >= 0.6 is 0 Å². The molecule has 1 aromatic carbocycles. The third kappa shape index (κ3) is 4.02. The van der Waals surface area contributed by atoms with Gasteiger partial charge < -0.3 is 20.9 Å². The van der Waals surface area contributed by atoms with E-state index in [1.165, 1.54) is 0 Å². The third-order valence-electron chi connectivity index (χ3n) is 2.69. The van der Waals surface area contributed by atoms with Crippen molar-refractivity contribution >= 4 is 11.4 Å². The second-order valence-electron chi connectivity index (χ2n) is 4.30. The summed E-state index contributed by atoms with van der Waals surface area (Å²) in [6.45, 7) is 5.54. The molecule has 0 heterocycles. The molecule has 4 heteroatoms. The Balaban J connectivity index is 2.76. The van der Waals surface area contributed by atoms with E-state index in [-0.39, 0.29) is 0 Å². The molecule has 0 radical (unpaired) electrons. The first-order valence-corrected chi connectivity index (χ1v) is 6.64. The van der Waals surface area contributed by atoms with Crippen LogP contribution in [0.4, 0.5) is 11.4 Å². The van der Waals surface area contributed by atoms with Crippen molar-refractivity contribution in [1.29, 1.82) is 0 Å². The normalized spacial score (nSPS) is 10.3. The fraction of sp³-hybridized carbons (Fsp3) is 0.571. The molecular formula is C14H24N2O2. The summed E-state index contributed by atoms with van der Waals surface area (Å²) >= 11 is 0. The topological polar surface area (TPSA) is 70.5 Å². The highest BCUT2D eigenvalue weighted by Gasteiger charge is 2.12. The summed E-state index contributed by atoms with van der Waals surface area (Å²) in [5.41, 5.74) is 12.7. The molecule has 102 valence electrons. The van der Waals surface area contributed by atoms with Gasteiger partial charge in [-0.2, -0.15) is 0 Å². The molecule has 1 aromatic rings. The van der Waals surface area contributed by atoms with E-state index < -0.39 is 0 Å². The van der Waals surface area contributed by atoms with Gasteiger partial charge in [0.2, 0.25) is 0 Å². The molecule has 0 unspecified atom stereocenters. The van der Waals surface area contributed by atoms with E-state index in [0.29, 0.717) is 36.1 Å². The quantitative estimate of drug-likeness (QED) is 0.550. The smallest absolute Gasteiger partial charge is 0.186 e. The molecule has 0 saturated heterocycles. The number of nitrogens with two attached hydrogens (primary N) is 2. The highest BCUT2D eigenvalue weighted by molar-refractivity contribution is 5.74. The van der Waals surface area contributed by atoms with Crippen LogP contribution in [-0.2, 0) is 0 Å². The first-order chi connectivity index (χ1) is 8.70. The Kier molecular flexibility index (Phi) is 6.19. The van der Waals surface area contributed by atoms with Crippen LogP contribution < -0.4 is 20.9 Å². The number of benzene rings is 1. The van der Waals surface area contributed by atoms with Gasteiger partial charge in [0.1, 0.15) is 5.69 Å². The molecule has 1 rings (SSSR count). The van der Waals surface area contributed by atoms with Crippen LogP contribution in [0.1, 0.15) is 39.5 Å². The summed E-state index contributed by atoms with van der Waals surface area (Å²) in [5, 5.41) is 0. The van der Waals surface area contributed by atoms with Gasteiger partial charge in [-0.25, -0.2) is 0 Å². The van der Waals surface area contributed by atoms with Crippen molar-refractivity contribution in [3.05, 3.63) is 12.1 Å². The number of hydrogen-bond donors (Lipinski definition) is 2. The second-order valence-corrected chi connectivity index (χ2v) is 4.30. The highest BCUT2D eigenvalue weighted by Crippen LogP contribution is 2.37. The van der Waals surface area contributed by atoms with Crippen molar-refractivity contribution in [2.45, 2.75) is 39.5 Å². The minimum atomic E-state index is 0.472. The van der Waals surface area contributed by atoms with Gasteiger partial charge in [-0.3, -0.25) is 0 Å². The second kappa shape index (κ2) is 7.69. The lowest BCUT2D eigenvalue weighted by atomic mass is 10.2.